The Kier molecular flexibility index (Phi) is 3.66. The molecule has 1 atom stereocenters. The van der Waals surface area contributed by atoms with Gasteiger partial charge >= 0.3 is 0 Å². The minimum Gasteiger partial charge on any atom is -0.496 e. The second-order valence-electron chi connectivity index (χ2n) is 2.63. The van der Waals surface area contributed by atoms with Crippen LogP contribution in [-0.4, -0.2) is 13.4 Å². The van der Waals surface area contributed by atoms with Crippen molar-refractivity contribution in [3.63, 3.8) is 0 Å². The van der Waals surface area contributed by atoms with Gasteiger partial charge in [0.15, 0.2) is 0 Å². The molecule has 0 aliphatic heterocycles. The summed E-state index contributed by atoms with van der Waals surface area (Å²) in [6.07, 6.45) is 0.603. The number of carbonyl (C=O) groups is 1. The van der Waals surface area contributed by atoms with Gasteiger partial charge in [-0.15, -0.1) is 0 Å². The van der Waals surface area contributed by atoms with Crippen LogP contribution in [0.2, 0.25) is 0 Å². The average Bonchev–Trinajstić information content (AvgIpc) is 2.21. The van der Waals surface area contributed by atoms with E-state index < -0.39 is 5.92 Å². The summed E-state index contributed by atoms with van der Waals surface area (Å²) in [7, 11) is 1.50. The van der Waals surface area contributed by atoms with Crippen molar-refractivity contribution in [2.45, 2.75) is 5.92 Å². The van der Waals surface area contributed by atoms with Crippen molar-refractivity contribution < 1.29 is 9.53 Å². The number of benzene rings is 1. The lowest BCUT2D eigenvalue weighted by molar-refractivity contribution is -0.108. The molecule has 0 aromatic heterocycles. The lowest BCUT2D eigenvalue weighted by atomic mass is 10.0. The van der Waals surface area contributed by atoms with E-state index in [4.69, 9.17) is 10.00 Å². The van der Waals surface area contributed by atoms with E-state index >= 15 is 0 Å². The van der Waals surface area contributed by atoms with Crippen LogP contribution in [0.4, 0.5) is 0 Å². The molecular weight excluding hydrogens is 246 g/mol. The largest absolute Gasteiger partial charge is 0.496 e. The number of aldehydes is 1. The molecule has 0 saturated heterocycles. The van der Waals surface area contributed by atoms with E-state index in [1.54, 1.807) is 18.2 Å². The van der Waals surface area contributed by atoms with Crippen molar-refractivity contribution in [2.24, 2.45) is 0 Å². The first kappa shape index (κ1) is 10.7. The maximum absolute atomic E-state index is 10.6. The maximum Gasteiger partial charge on any atom is 0.141 e. The number of rotatable bonds is 3. The Balaban J connectivity index is 3.20. The second-order valence-corrected chi connectivity index (χ2v) is 3.54. The predicted molar refractivity (Wildman–Crippen MR) is 55.1 cm³/mol. The van der Waals surface area contributed by atoms with Gasteiger partial charge in [0.2, 0.25) is 0 Å². The molecule has 1 unspecified atom stereocenters. The molecule has 0 N–H and O–H groups in total. The van der Waals surface area contributed by atoms with Crippen LogP contribution in [0.5, 0.6) is 5.75 Å². The molecule has 0 fully saturated rings. The van der Waals surface area contributed by atoms with Gasteiger partial charge in [-0.25, -0.2) is 0 Å². The van der Waals surface area contributed by atoms with E-state index in [0.29, 0.717) is 17.6 Å². The van der Waals surface area contributed by atoms with E-state index in [1.807, 2.05) is 6.07 Å². The number of carbonyl (C=O) groups excluding carboxylic acids is 1. The Morgan fingerprint density at radius 1 is 1.64 bits per heavy atom. The minimum absolute atomic E-state index is 0.540. The van der Waals surface area contributed by atoms with Crippen LogP contribution in [-0.2, 0) is 4.79 Å². The highest BCUT2D eigenvalue weighted by Gasteiger charge is 2.14. The highest BCUT2D eigenvalue weighted by molar-refractivity contribution is 9.10. The Morgan fingerprint density at radius 2 is 2.36 bits per heavy atom. The molecule has 0 heterocycles. The van der Waals surface area contributed by atoms with Gasteiger partial charge in [0.25, 0.3) is 0 Å². The smallest absolute Gasteiger partial charge is 0.141 e. The van der Waals surface area contributed by atoms with Gasteiger partial charge in [0.05, 0.1) is 13.2 Å². The van der Waals surface area contributed by atoms with Crippen molar-refractivity contribution in [1.29, 1.82) is 5.26 Å². The lowest BCUT2D eigenvalue weighted by Crippen LogP contribution is -2.00. The molecular formula is C10H8BrNO2. The van der Waals surface area contributed by atoms with Crippen molar-refractivity contribution in [2.75, 3.05) is 7.11 Å². The number of nitrogens with zero attached hydrogens (tertiary/aromatic N) is 1. The summed E-state index contributed by atoms with van der Waals surface area (Å²) in [6, 6.07) is 7.09. The van der Waals surface area contributed by atoms with Gasteiger partial charge in [0, 0.05) is 10.0 Å². The van der Waals surface area contributed by atoms with Crippen LogP contribution < -0.4 is 4.74 Å². The molecule has 0 radical (unpaired) electrons. The summed E-state index contributed by atoms with van der Waals surface area (Å²) < 4.78 is 5.92. The van der Waals surface area contributed by atoms with E-state index in [1.165, 1.54) is 7.11 Å². The highest BCUT2D eigenvalue weighted by atomic mass is 79.9. The van der Waals surface area contributed by atoms with Crippen LogP contribution in [0.3, 0.4) is 0 Å². The normalized spacial score (nSPS) is 11.5. The van der Waals surface area contributed by atoms with Crippen LogP contribution in [0, 0.1) is 11.3 Å². The monoisotopic (exact) mass is 253 g/mol. The average molecular weight is 254 g/mol. The Hall–Kier alpha value is -1.34. The Bertz CT molecular complexity index is 384. The van der Waals surface area contributed by atoms with Crippen LogP contribution in [0.15, 0.2) is 22.7 Å². The molecule has 0 aliphatic rings. The predicted octanol–water partition coefficient (Wildman–Crippen LogP) is 2.26. The molecule has 0 spiro atoms. The number of hydrogen-bond acceptors (Lipinski definition) is 3. The first-order valence-corrected chi connectivity index (χ1v) is 4.70. The van der Waals surface area contributed by atoms with Crippen molar-refractivity contribution in [1.82, 2.24) is 0 Å². The van der Waals surface area contributed by atoms with Crippen molar-refractivity contribution >= 4 is 22.2 Å². The lowest BCUT2D eigenvalue weighted by Gasteiger charge is -2.08. The van der Waals surface area contributed by atoms with Gasteiger partial charge in [-0.1, -0.05) is 22.0 Å². The van der Waals surface area contributed by atoms with Gasteiger partial charge < -0.3 is 9.53 Å². The third kappa shape index (κ3) is 2.12. The first-order valence-electron chi connectivity index (χ1n) is 3.91. The third-order valence-electron chi connectivity index (χ3n) is 1.81. The molecule has 1 rings (SSSR count). The van der Waals surface area contributed by atoms with E-state index in [2.05, 4.69) is 15.9 Å². The zero-order valence-corrected chi connectivity index (χ0v) is 9.11. The molecule has 1 aromatic carbocycles. The molecule has 0 saturated carbocycles. The molecule has 3 nitrogen and oxygen atoms in total. The Labute approximate surface area is 90.4 Å². The first-order chi connectivity index (χ1) is 6.72. The number of hydrogen-bond donors (Lipinski definition) is 0. The minimum atomic E-state index is -0.766. The number of halogens is 1. The summed E-state index contributed by atoms with van der Waals surface area (Å²) in [5.74, 6) is -0.226. The molecule has 72 valence electrons. The fourth-order valence-corrected chi connectivity index (χ4v) is 1.46. The van der Waals surface area contributed by atoms with Crippen LogP contribution >= 0.6 is 15.9 Å². The number of methoxy groups -OCH3 is 1. The van der Waals surface area contributed by atoms with Gasteiger partial charge in [0.1, 0.15) is 18.0 Å². The number of ether oxygens (including phenoxy) is 1. The summed E-state index contributed by atoms with van der Waals surface area (Å²) >= 11 is 3.28. The van der Waals surface area contributed by atoms with E-state index in [0.717, 1.165) is 4.47 Å². The molecule has 0 bridgehead atoms. The van der Waals surface area contributed by atoms with Crippen LogP contribution in [0.1, 0.15) is 11.5 Å². The SMILES string of the molecule is COc1cc(Br)ccc1C(C#N)C=O. The standard InChI is InChI=1S/C10H8BrNO2/c1-14-10-4-8(11)2-3-9(10)7(5-12)6-13/h2-4,6-7H,1H3. The molecule has 4 heteroatoms. The summed E-state index contributed by atoms with van der Waals surface area (Å²) in [5.41, 5.74) is 0.591. The van der Waals surface area contributed by atoms with Crippen molar-refractivity contribution in [3.05, 3.63) is 28.2 Å². The zero-order chi connectivity index (χ0) is 10.6. The van der Waals surface area contributed by atoms with Gasteiger partial charge in [-0.2, -0.15) is 5.26 Å². The zero-order valence-electron chi connectivity index (χ0n) is 7.53. The van der Waals surface area contributed by atoms with Crippen LogP contribution in [0.25, 0.3) is 0 Å². The highest BCUT2D eigenvalue weighted by Crippen LogP contribution is 2.28. The third-order valence-corrected chi connectivity index (χ3v) is 2.30. The summed E-state index contributed by atoms with van der Waals surface area (Å²) in [4.78, 5) is 10.6. The number of nitriles is 1. The molecule has 1 aromatic rings. The fraction of sp³-hybridized carbons (Fsp3) is 0.200. The molecule has 0 aliphatic carbocycles. The molecule has 0 amide bonds. The maximum atomic E-state index is 10.6. The Morgan fingerprint density at radius 3 is 2.86 bits per heavy atom. The topological polar surface area (TPSA) is 50.1 Å². The summed E-state index contributed by atoms with van der Waals surface area (Å²) in [6.45, 7) is 0. The van der Waals surface area contributed by atoms with Gasteiger partial charge in [-0.05, 0) is 12.1 Å². The van der Waals surface area contributed by atoms with Gasteiger partial charge in [-0.3, -0.25) is 0 Å². The van der Waals surface area contributed by atoms with E-state index in [-0.39, 0.29) is 0 Å². The van der Waals surface area contributed by atoms with E-state index in [9.17, 15) is 4.79 Å². The fourth-order valence-electron chi connectivity index (χ4n) is 1.12. The quantitative estimate of drug-likeness (QED) is 0.777. The van der Waals surface area contributed by atoms with Crippen molar-refractivity contribution in [3.8, 4) is 11.8 Å². The second kappa shape index (κ2) is 4.77. The summed E-state index contributed by atoms with van der Waals surface area (Å²) in [5, 5.41) is 8.72. The molecule has 14 heavy (non-hydrogen) atoms.